The second-order valence-corrected chi connectivity index (χ2v) is 3.35. The van der Waals surface area contributed by atoms with Crippen molar-refractivity contribution in [2.45, 2.75) is 6.92 Å². The van der Waals surface area contributed by atoms with Gasteiger partial charge in [0.1, 0.15) is 0 Å². The molecular weight excluding hydrogens is 190 g/mol. The maximum absolute atomic E-state index is 5.25. The number of pyridine rings is 1. The van der Waals surface area contributed by atoms with Gasteiger partial charge in [-0.3, -0.25) is 4.98 Å². The summed E-state index contributed by atoms with van der Waals surface area (Å²) >= 11 is 0. The van der Waals surface area contributed by atoms with Crippen LogP contribution < -0.4 is 9.47 Å². The third kappa shape index (κ3) is 1.61. The molecule has 0 aliphatic heterocycles. The van der Waals surface area contributed by atoms with E-state index < -0.39 is 0 Å². The first-order valence-corrected chi connectivity index (χ1v) is 4.73. The van der Waals surface area contributed by atoms with Crippen LogP contribution in [0.5, 0.6) is 11.5 Å². The lowest BCUT2D eigenvalue weighted by Crippen LogP contribution is -1.92. The molecule has 0 aliphatic carbocycles. The van der Waals surface area contributed by atoms with Crippen LogP contribution in [0.15, 0.2) is 24.4 Å². The molecule has 1 aromatic heterocycles. The zero-order valence-corrected chi connectivity index (χ0v) is 9.07. The van der Waals surface area contributed by atoms with Gasteiger partial charge in [0.15, 0.2) is 11.5 Å². The van der Waals surface area contributed by atoms with Crippen LogP contribution in [0.3, 0.4) is 0 Å². The number of ether oxygens (including phenoxy) is 2. The predicted molar refractivity (Wildman–Crippen MR) is 59.6 cm³/mol. The lowest BCUT2D eigenvalue weighted by molar-refractivity contribution is 0.356. The fourth-order valence-corrected chi connectivity index (χ4v) is 1.61. The molecule has 0 radical (unpaired) electrons. The van der Waals surface area contributed by atoms with Crippen LogP contribution in [0.1, 0.15) is 5.56 Å². The zero-order chi connectivity index (χ0) is 10.8. The molecule has 2 rings (SSSR count). The Kier molecular flexibility index (Phi) is 2.46. The van der Waals surface area contributed by atoms with Crippen LogP contribution in [0, 0.1) is 6.92 Å². The van der Waals surface area contributed by atoms with Gasteiger partial charge in [0.25, 0.3) is 0 Å². The number of nitrogens with zero attached hydrogens (tertiary/aromatic N) is 1. The van der Waals surface area contributed by atoms with Crippen LogP contribution >= 0.6 is 0 Å². The smallest absolute Gasteiger partial charge is 0.162 e. The van der Waals surface area contributed by atoms with Crippen LogP contribution in [0.25, 0.3) is 10.9 Å². The summed E-state index contributed by atoms with van der Waals surface area (Å²) in [6.45, 7) is 2.05. The summed E-state index contributed by atoms with van der Waals surface area (Å²) in [6.07, 6.45) is 1.80. The van der Waals surface area contributed by atoms with Gasteiger partial charge in [0.05, 0.1) is 19.7 Å². The van der Waals surface area contributed by atoms with Gasteiger partial charge in [0, 0.05) is 17.6 Å². The van der Waals surface area contributed by atoms with Crippen molar-refractivity contribution in [2.24, 2.45) is 0 Å². The van der Waals surface area contributed by atoms with Gasteiger partial charge in [-0.25, -0.2) is 0 Å². The molecule has 2 aromatic rings. The number of hydrogen-bond acceptors (Lipinski definition) is 3. The number of aryl methyl sites for hydroxylation is 1. The maximum atomic E-state index is 5.25. The van der Waals surface area contributed by atoms with Crippen LogP contribution in [-0.4, -0.2) is 19.2 Å². The Morgan fingerprint density at radius 3 is 2.40 bits per heavy atom. The van der Waals surface area contributed by atoms with E-state index in [-0.39, 0.29) is 0 Å². The Morgan fingerprint density at radius 1 is 1.07 bits per heavy atom. The number of aromatic nitrogens is 1. The van der Waals surface area contributed by atoms with Gasteiger partial charge >= 0.3 is 0 Å². The third-order valence-corrected chi connectivity index (χ3v) is 2.46. The molecule has 0 spiro atoms. The van der Waals surface area contributed by atoms with Crippen LogP contribution in [0.4, 0.5) is 0 Å². The fraction of sp³-hybridized carbons (Fsp3) is 0.250. The molecule has 0 saturated heterocycles. The average molecular weight is 203 g/mol. The maximum Gasteiger partial charge on any atom is 0.162 e. The highest BCUT2D eigenvalue weighted by atomic mass is 16.5. The molecule has 0 saturated carbocycles. The van der Waals surface area contributed by atoms with E-state index in [2.05, 4.69) is 11.9 Å². The van der Waals surface area contributed by atoms with E-state index in [9.17, 15) is 0 Å². The highest BCUT2D eigenvalue weighted by Gasteiger charge is 2.07. The summed E-state index contributed by atoms with van der Waals surface area (Å²) in [6, 6.07) is 5.83. The monoisotopic (exact) mass is 203 g/mol. The summed E-state index contributed by atoms with van der Waals surface area (Å²) in [4.78, 5) is 4.29. The van der Waals surface area contributed by atoms with Gasteiger partial charge in [0.2, 0.25) is 0 Å². The Bertz CT molecular complexity index is 494. The largest absolute Gasteiger partial charge is 0.493 e. The first-order chi connectivity index (χ1) is 7.26. The quantitative estimate of drug-likeness (QED) is 0.751. The van der Waals surface area contributed by atoms with E-state index in [1.165, 1.54) is 5.56 Å². The second-order valence-electron chi connectivity index (χ2n) is 3.35. The van der Waals surface area contributed by atoms with E-state index in [1.807, 2.05) is 18.2 Å². The van der Waals surface area contributed by atoms with Gasteiger partial charge in [-0.05, 0) is 24.6 Å². The molecule has 0 amide bonds. The molecule has 1 heterocycles. The molecule has 0 aliphatic rings. The minimum Gasteiger partial charge on any atom is -0.493 e. The SMILES string of the molecule is COc1cc2nccc(C)c2cc1OC. The zero-order valence-electron chi connectivity index (χ0n) is 9.07. The first kappa shape index (κ1) is 9.77. The minimum absolute atomic E-state index is 0.711. The van der Waals surface area contributed by atoms with Gasteiger partial charge < -0.3 is 9.47 Å². The number of rotatable bonds is 2. The molecular formula is C12H13NO2. The van der Waals surface area contributed by atoms with Crippen LogP contribution in [0.2, 0.25) is 0 Å². The van der Waals surface area contributed by atoms with E-state index in [1.54, 1.807) is 20.4 Å². The molecule has 3 nitrogen and oxygen atoms in total. The Balaban J connectivity index is 2.75. The van der Waals surface area contributed by atoms with Gasteiger partial charge in [-0.1, -0.05) is 0 Å². The van der Waals surface area contributed by atoms with E-state index in [0.717, 1.165) is 16.7 Å². The highest BCUT2D eigenvalue weighted by molar-refractivity contribution is 5.85. The van der Waals surface area contributed by atoms with Crippen molar-refractivity contribution < 1.29 is 9.47 Å². The van der Waals surface area contributed by atoms with Gasteiger partial charge in [-0.15, -0.1) is 0 Å². The van der Waals surface area contributed by atoms with Gasteiger partial charge in [-0.2, -0.15) is 0 Å². The Morgan fingerprint density at radius 2 is 1.73 bits per heavy atom. The number of benzene rings is 1. The molecule has 78 valence electrons. The van der Waals surface area contributed by atoms with E-state index >= 15 is 0 Å². The predicted octanol–water partition coefficient (Wildman–Crippen LogP) is 2.56. The number of hydrogen-bond donors (Lipinski definition) is 0. The average Bonchev–Trinajstić information content (AvgIpc) is 2.28. The lowest BCUT2D eigenvalue weighted by atomic mass is 10.1. The molecule has 0 N–H and O–H groups in total. The third-order valence-electron chi connectivity index (χ3n) is 2.46. The van der Waals surface area contributed by atoms with Crippen molar-refractivity contribution in [3.8, 4) is 11.5 Å². The molecule has 3 heteroatoms. The first-order valence-electron chi connectivity index (χ1n) is 4.73. The Labute approximate surface area is 88.7 Å². The summed E-state index contributed by atoms with van der Waals surface area (Å²) < 4.78 is 10.5. The fourth-order valence-electron chi connectivity index (χ4n) is 1.61. The molecule has 0 atom stereocenters. The summed E-state index contributed by atoms with van der Waals surface area (Å²) in [5.74, 6) is 1.45. The van der Waals surface area contributed by atoms with Crippen molar-refractivity contribution in [3.05, 3.63) is 30.0 Å². The second kappa shape index (κ2) is 3.77. The Hall–Kier alpha value is -1.77. The standard InChI is InChI=1S/C12H13NO2/c1-8-4-5-13-10-7-12(15-3)11(14-2)6-9(8)10/h4-7H,1-3H3. The number of methoxy groups -OCH3 is 2. The van der Waals surface area contributed by atoms with Crippen molar-refractivity contribution in [2.75, 3.05) is 14.2 Å². The molecule has 0 fully saturated rings. The highest BCUT2D eigenvalue weighted by Crippen LogP contribution is 2.32. The van der Waals surface area contributed by atoms with E-state index in [4.69, 9.17) is 9.47 Å². The minimum atomic E-state index is 0.711. The summed E-state index contributed by atoms with van der Waals surface area (Å²) in [5.41, 5.74) is 2.11. The molecule has 0 bridgehead atoms. The number of fused-ring (bicyclic) bond motifs is 1. The topological polar surface area (TPSA) is 31.4 Å². The van der Waals surface area contributed by atoms with Crippen molar-refractivity contribution in [1.29, 1.82) is 0 Å². The lowest BCUT2D eigenvalue weighted by Gasteiger charge is -2.09. The molecule has 0 unspecified atom stereocenters. The van der Waals surface area contributed by atoms with Crippen molar-refractivity contribution >= 4 is 10.9 Å². The van der Waals surface area contributed by atoms with Crippen LogP contribution in [-0.2, 0) is 0 Å². The van der Waals surface area contributed by atoms with E-state index in [0.29, 0.717) is 5.75 Å². The summed E-state index contributed by atoms with van der Waals surface area (Å²) in [5, 5.41) is 1.09. The summed E-state index contributed by atoms with van der Waals surface area (Å²) in [7, 11) is 3.26. The molecule has 1 aromatic carbocycles. The molecule has 15 heavy (non-hydrogen) atoms. The van der Waals surface area contributed by atoms with Crippen molar-refractivity contribution in [3.63, 3.8) is 0 Å². The van der Waals surface area contributed by atoms with Crippen molar-refractivity contribution in [1.82, 2.24) is 4.98 Å². The normalized spacial score (nSPS) is 10.3.